The Morgan fingerprint density at radius 2 is 2.09 bits per heavy atom. The fraction of sp³-hybridized carbons (Fsp3) is 0.429. The smallest absolute Gasteiger partial charge is 0.338 e. The number of hydrogen-bond donors (Lipinski definition) is 1. The second-order valence-electron chi connectivity index (χ2n) is 5.16. The number of nitrogens with one attached hydrogen (secondary N) is 1. The number of hydrogen-bond acceptors (Lipinski definition) is 7. The van der Waals surface area contributed by atoms with Crippen LogP contribution in [0.3, 0.4) is 0 Å². The molecular weight excluding hydrogens is 324 g/mol. The Labute approximate surface area is 133 Å². The van der Waals surface area contributed by atoms with Gasteiger partial charge in [0.2, 0.25) is 0 Å². The van der Waals surface area contributed by atoms with Gasteiger partial charge in [-0.1, -0.05) is 11.8 Å². The largest absolute Gasteiger partial charge is 0.462 e. The van der Waals surface area contributed by atoms with Crippen LogP contribution >= 0.6 is 11.8 Å². The number of carbonyl (C=O) groups excluding carboxylic acids is 1. The van der Waals surface area contributed by atoms with E-state index in [2.05, 4.69) is 10.3 Å². The molecular formula is C14H16N2O4S2. The van der Waals surface area contributed by atoms with Crippen molar-refractivity contribution in [2.45, 2.75) is 18.2 Å². The molecule has 2 atom stereocenters. The van der Waals surface area contributed by atoms with Crippen molar-refractivity contribution in [1.82, 2.24) is 0 Å². The summed E-state index contributed by atoms with van der Waals surface area (Å²) in [4.78, 5) is 16.0. The molecule has 0 spiro atoms. The van der Waals surface area contributed by atoms with Gasteiger partial charge in [-0.15, -0.1) is 0 Å². The van der Waals surface area contributed by atoms with E-state index in [9.17, 15) is 13.2 Å². The summed E-state index contributed by atoms with van der Waals surface area (Å²) in [5.74, 6) is -0.0161. The van der Waals surface area contributed by atoms with E-state index >= 15 is 0 Å². The van der Waals surface area contributed by atoms with E-state index in [1.165, 1.54) is 11.8 Å². The lowest BCUT2D eigenvalue weighted by Gasteiger charge is -2.07. The van der Waals surface area contributed by atoms with Crippen molar-refractivity contribution < 1.29 is 17.9 Å². The molecule has 1 aromatic carbocycles. The fourth-order valence-electron chi connectivity index (χ4n) is 2.44. The number of anilines is 1. The van der Waals surface area contributed by atoms with E-state index in [1.807, 2.05) is 0 Å². The molecule has 1 fully saturated rings. The Morgan fingerprint density at radius 3 is 2.73 bits per heavy atom. The van der Waals surface area contributed by atoms with Crippen molar-refractivity contribution in [3.8, 4) is 0 Å². The minimum absolute atomic E-state index is 0.0197. The van der Waals surface area contributed by atoms with Crippen molar-refractivity contribution in [3.63, 3.8) is 0 Å². The summed E-state index contributed by atoms with van der Waals surface area (Å²) < 4.78 is 28.0. The lowest BCUT2D eigenvalue weighted by molar-refractivity contribution is 0.0526. The maximum atomic E-state index is 11.6. The van der Waals surface area contributed by atoms with Gasteiger partial charge in [0.05, 0.1) is 29.7 Å². The molecule has 2 aliphatic heterocycles. The highest BCUT2D eigenvalue weighted by molar-refractivity contribution is 8.15. The number of ether oxygens (including phenoxy) is 1. The van der Waals surface area contributed by atoms with Crippen LogP contribution in [-0.4, -0.2) is 49.0 Å². The number of amidine groups is 1. The number of fused-ring (bicyclic) bond motifs is 1. The maximum absolute atomic E-state index is 11.6. The van der Waals surface area contributed by atoms with Gasteiger partial charge in [-0.3, -0.25) is 4.99 Å². The predicted molar refractivity (Wildman–Crippen MR) is 87.3 cm³/mol. The molecule has 8 heteroatoms. The average molecular weight is 340 g/mol. The minimum atomic E-state index is -2.93. The summed E-state index contributed by atoms with van der Waals surface area (Å²) >= 11 is 1.47. The summed E-state index contributed by atoms with van der Waals surface area (Å²) in [5.41, 5.74) is 1.30. The van der Waals surface area contributed by atoms with Crippen molar-refractivity contribution >= 4 is 38.4 Å². The first-order chi connectivity index (χ1) is 10.5. The summed E-state index contributed by atoms with van der Waals surface area (Å²) in [6.07, 6.45) is 0. The zero-order valence-electron chi connectivity index (χ0n) is 12.0. The predicted octanol–water partition coefficient (Wildman–Crippen LogP) is 1.54. The third-order valence-corrected chi connectivity index (χ3v) is 6.61. The van der Waals surface area contributed by atoms with Gasteiger partial charge < -0.3 is 10.1 Å². The number of carbonyl (C=O) groups is 1. The van der Waals surface area contributed by atoms with Crippen LogP contribution in [0.25, 0.3) is 0 Å². The second kappa shape index (κ2) is 5.92. The molecule has 3 rings (SSSR count). The highest BCUT2D eigenvalue weighted by Crippen LogP contribution is 2.34. The topological polar surface area (TPSA) is 84.8 Å². The highest BCUT2D eigenvalue weighted by Gasteiger charge is 2.42. The quantitative estimate of drug-likeness (QED) is 0.840. The van der Waals surface area contributed by atoms with Gasteiger partial charge in [0.1, 0.15) is 0 Å². The number of nitrogens with zero attached hydrogens (tertiary/aromatic N) is 1. The monoisotopic (exact) mass is 340 g/mol. The van der Waals surface area contributed by atoms with Gasteiger partial charge >= 0.3 is 5.97 Å². The Balaban J connectivity index is 1.64. The molecule has 2 heterocycles. The second-order valence-corrected chi connectivity index (χ2v) is 8.54. The summed E-state index contributed by atoms with van der Waals surface area (Å²) in [6, 6.07) is 6.79. The van der Waals surface area contributed by atoms with E-state index in [0.717, 1.165) is 10.9 Å². The van der Waals surface area contributed by atoms with Crippen molar-refractivity contribution in [1.29, 1.82) is 0 Å². The van der Waals surface area contributed by atoms with E-state index in [4.69, 9.17) is 4.74 Å². The first-order valence-corrected chi connectivity index (χ1v) is 9.66. The average Bonchev–Trinajstić information content (AvgIpc) is 2.92. The van der Waals surface area contributed by atoms with E-state index < -0.39 is 9.84 Å². The molecule has 0 bridgehead atoms. The van der Waals surface area contributed by atoms with Crippen molar-refractivity contribution in [2.75, 3.05) is 23.4 Å². The van der Waals surface area contributed by atoms with Gasteiger partial charge in [0.15, 0.2) is 15.0 Å². The third-order valence-electron chi connectivity index (χ3n) is 3.47. The lowest BCUT2D eigenvalue weighted by Crippen LogP contribution is -2.13. The lowest BCUT2D eigenvalue weighted by atomic mass is 10.2. The van der Waals surface area contributed by atoms with Crippen LogP contribution in [0.1, 0.15) is 17.3 Å². The zero-order chi connectivity index (χ0) is 15.7. The van der Waals surface area contributed by atoms with Gasteiger partial charge in [-0.25, -0.2) is 13.2 Å². The molecule has 0 aliphatic carbocycles. The van der Waals surface area contributed by atoms with Crippen LogP contribution in [0.2, 0.25) is 0 Å². The molecule has 0 saturated carbocycles. The number of thioether (sulfide) groups is 1. The van der Waals surface area contributed by atoms with E-state index in [0.29, 0.717) is 12.2 Å². The Kier molecular flexibility index (Phi) is 4.14. The van der Waals surface area contributed by atoms with Crippen molar-refractivity contribution in [3.05, 3.63) is 29.8 Å². The summed E-state index contributed by atoms with van der Waals surface area (Å²) in [5, 5.41) is 3.91. The molecule has 0 aromatic heterocycles. The van der Waals surface area contributed by atoms with E-state index in [1.54, 1.807) is 31.2 Å². The third kappa shape index (κ3) is 3.27. The molecule has 0 amide bonds. The molecule has 1 N–H and O–H groups in total. The Hall–Kier alpha value is -1.54. The van der Waals surface area contributed by atoms with Crippen LogP contribution in [0.4, 0.5) is 5.69 Å². The fourth-order valence-corrected chi connectivity index (χ4v) is 6.12. The number of rotatable bonds is 3. The van der Waals surface area contributed by atoms with Crippen LogP contribution in [0.5, 0.6) is 0 Å². The zero-order valence-corrected chi connectivity index (χ0v) is 13.6. The SMILES string of the molecule is CCOC(=O)c1ccc(NC2=N[C@H]3CS(=O)(=O)C[C@@H]3S2)cc1. The summed E-state index contributed by atoms with van der Waals surface area (Å²) in [7, 11) is -2.93. The van der Waals surface area contributed by atoms with Crippen LogP contribution in [-0.2, 0) is 14.6 Å². The van der Waals surface area contributed by atoms with Crippen LogP contribution in [0, 0.1) is 0 Å². The standard InChI is InChI=1S/C14H16N2O4S2/c1-2-20-13(17)9-3-5-10(6-4-9)15-14-16-11-7-22(18,19)8-12(11)21-14/h3-6,11-12H,2,7-8H2,1H3,(H,15,16)/t11-,12-/m0/s1. The molecule has 2 aliphatic rings. The first-order valence-electron chi connectivity index (χ1n) is 6.96. The van der Waals surface area contributed by atoms with E-state index in [-0.39, 0.29) is 28.8 Å². The molecule has 1 aromatic rings. The van der Waals surface area contributed by atoms with Crippen molar-refractivity contribution in [2.24, 2.45) is 4.99 Å². The molecule has 6 nitrogen and oxygen atoms in total. The molecule has 1 saturated heterocycles. The maximum Gasteiger partial charge on any atom is 0.338 e. The normalized spacial score (nSPS) is 25.4. The first kappa shape index (κ1) is 15.4. The Morgan fingerprint density at radius 1 is 1.36 bits per heavy atom. The van der Waals surface area contributed by atoms with Crippen LogP contribution in [0.15, 0.2) is 29.3 Å². The van der Waals surface area contributed by atoms with Gasteiger partial charge in [-0.05, 0) is 31.2 Å². The molecule has 0 radical (unpaired) electrons. The van der Waals surface area contributed by atoms with Gasteiger partial charge in [0, 0.05) is 10.9 Å². The summed E-state index contributed by atoms with van der Waals surface area (Å²) in [6.45, 7) is 2.11. The number of aliphatic imine (C=N–C) groups is 1. The van der Waals surface area contributed by atoms with Gasteiger partial charge in [0.25, 0.3) is 0 Å². The molecule has 22 heavy (non-hydrogen) atoms. The number of benzene rings is 1. The van der Waals surface area contributed by atoms with Crippen LogP contribution < -0.4 is 5.32 Å². The minimum Gasteiger partial charge on any atom is -0.462 e. The van der Waals surface area contributed by atoms with Gasteiger partial charge in [-0.2, -0.15) is 0 Å². The molecule has 118 valence electrons. The highest BCUT2D eigenvalue weighted by atomic mass is 32.2. The molecule has 0 unspecified atom stereocenters. The Bertz CT molecular complexity index is 713. The number of sulfone groups is 1. The number of esters is 1.